The van der Waals surface area contributed by atoms with Gasteiger partial charge in [0.05, 0.1) is 0 Å². The predicted molar refractivity (Wildman–Crippen MR) is 71.8 cm³/mol. The first kappa shape index (κ1) is 14.0. The van der Waals surface area contributed by atoms with Crippen molar-refractivity contribution in [2.75, 3.05) is 33.7 Å². The van der Waals surface area contributed by atoms with E-state index in [0.29, 0.717) is 5.41 Å². The highest BCUT2D eigenvalue weighted by Gasteiger charge is 2.33. The summed E-state index contributed by atoms with van der Waals surface area (Å²) in [5.41, 5.74) is 0.570. The van der Waals surface area contributed by atoms with Gasteiger partial charge in [-0.05, 0) is 51.2 Å². The maximum atomic E-state index is 3.39. The molecule has 1 N–H and O–H groups in total. The molecule has 0 aromatic carbocycles. The summed E-state index contributed by atoms with van der Waals surface area (Å²) in [7, 11) is 4.38. The number of nitrogens with one attached hydrogen (secondary N) is 1. The summed E-state index contributed by atoms with van der Waals surface area (Å²) in [6.45, 7) is 8.35. The lowest BCUT2D eigenvalue weighted by Gasteiger charge is -2.33. The second-order valence-corrected chi connectivity index (χ2v) is 6.16. The standard InChI is InChI=1S/C14H30N2/c1-13(2)7-10-16(4)12-14(11-15-3)8-5-6-9-14/h13,15H,5-12H2,1-4H3. The van der Waals surface area contributed by atoms with Gasteiger partial charge in [0.15, 0.2) is 0 Å². The molecule has 0 aromatic heterocycles. The first-order valence-electron chi connectivity index (χ1n) is 6.91. The van der Waals surface area contributed by atoms with Gasteiger partial charge in [-0.2, -0.15) is 0 Å². The molecule has 1 aliphatic rings. The normalized spacial score (nSPS) is 19.9. The van der Waals surface area contributed by atoms with Crippen LogP contribution in [0.25, 0.3) is 0 Å². The topological polar surface area (TPSA) is 15.3 Å². The Kier molecular flexibility index (Phi) is 5.77. The summed E-state index contributed by atoms with van der Waals surface area (Å²) < 4.78 is 0. The van der Waals surface area contributed by atoms with Crippen molar-refractivity contribution in [1.82, 2.24) is 10.2 Å². The van der Waals surface area contributed by atoms with Crippen LogP contribution in [0.2, 0.25) is 0 Å². The Labute approximate surface area is 102 Å². The maximum absolute atomic E-state index is 3.39. The minimum Gasteiger partial charge on any atom is -0.319 e. The lowest BCUT2D eigenvalue weighted by molar-refractivity contribution is 0.170. The van der Waals surface area contributed by atoms with E-state index in [1.54, 1.807) is 0 Å². The van der Waals surface area contributed by atoms with Gasteiger partial charge in [-0.15, -0.1) is 0 Å². The summed E-state index contributed by atoms with van der Waals surface area (Å²) in [6, 6.07) is 0. The molecule has 0 saturated heterocycles. The van der Waals surface area contributed by atoms with Gasteiger partial charge >= 0.3 is 0 Å². The number of hydrogen-bond donors (Lipinski definition) is 1. The van der Waals surface area contributed by atoms with Gasteiger partial charge < -0.3 is 10.2 Å². The zero-order valence-electron chi connectivity index (χ0n) is 11.7. The van der Waals surface area contributed by atoms with Crippen molar-refractivity contribution in [3.8, 4) is 0 Å². The summed E-state index contributed by atoms with van der Waals surface area (Å²) in [5, 5.41) is 3.39. The van der Waals surface area contributed by atoms with E-state index in [9.17, 15) is 0 Å². The minimum absolute atomic E-state index is 0.570. The number of nitrogens with zero attached hydrogens (tertiary/aromatic N) is 1. The van der Waals surface area contributed by atoms with Crippen LogP contribution in [-0.2, 0) is 0 Å². The highest BCUT2D eigenvalue weighted by Crippen LogP contribution is 2.38. The first-order valence-corrected chi connectivity index (χ1v) is 6.91. The summed E-state index contributed by atoms with van der Waals surface area (Å²) >= 11 is 0. The third-order valence-electron chi connectivity index (χ3n) is 3.91. The third-order valence-corrected chi connectivity index (χ3v) is 3.91. The van der Waals surface area contributed by atoms with Crippen LogP contribution in [0.4, 0.5) is 0 Å². The van der Waals surface area contributed by atoms with E-state index < -0.39 is 0 Å². The Morgan fingerprint density at radius 3 is 2.38 bits per heavy atom. The van der Waals surface area contributed by atoms with Gasteiger partial charge in [0.1, 0.15) is 0 Å². The Bertz CT molecular complexity index is 183. The number of hydrogen-bond acceptors (Lipinski definition) is 2. The van der Waals surface area contributed by atoms with E-state index >= 15 is 0 Å². The Morgan fingerprint density at radius 1 is 1.25 bits per heavy atom. The second-order valence-electron chi connectivity index (χ2n) is 6.16. The van der Waals surface area contributed by atoms with Crippen molar-refractivity contribution in [3.63, 3.8) is 0 Å². The molecular formula is C14H30N2. The van der Waals surface area contributed by atoms with Crippen LogP contribution in [0.1, 0.15) is 46.0 Å². The molecule has 0 aliphatic heterocycles. The monoisotopic (exact) mass is 226 g/mol. The van der Waals surface area contributed by atoms with Crippen LogP contribution >= 0.6 is 0 Å². The molecule has 0 amide bonds. The molecule has 0 spiro atoms. The van der Waals surface area contributed by atoms with E-state index in [-0.39, 0.29) is 0 Å². The van der Waals surface area contributed by atoms with E-state index in [4.69, 9.17) is 0 Å². The van der Waals surface area contributed by atoms with Crippen molar-refractivity contribution in [2.24, 2.45) is 11.3 Å². The SMILES string of the molecule is CNCC1(CN(C)CCC(C)C)CCCC1. The lowest BCUT2D eigenvalue weighted by Crippen LogP contribution is -2.40. The molecule has 0 aromatic rings. The van der Waals surface area contributed by atoms with Crippen LogP contribution in [-0.4, -0.2) is 38.6 Å². The van der Waals surface area contributed by atoms with Crippen molar-refractivity contribution in [1.29, 1.82) is 0 Å². The molecule has 0 unspecified atom stereocenters. The van der Waals surface area contributed by atoms with E-state index in [0.717, 1.165) is 5.92 Å². The van der Waals surface area contributed by atoms with Crippen LogP contribution in [0.5, 0.6) is 0 Å². The molecule has 1 rings (SSSR count). The average molecular weight is 226 g/mol. The Balaban J connectivity index is 2.36. The van der Waals surface area contributed by atoms with E-state index in [2.05, 4.69) is 38.2 Å². The summed E-state index contributed by atoms with van der Waals surface area (Å²) in [5.74, 6) is 0.825. The fourth-order valence-corrected chi connectivity index (χ4v) is 3.02. The van der Waals surface area contributed by atoms with E-state index in [1.807, 2.05) is 0 Å². The maximum Gasteiger partial charge on any atom is 0.00471 e. The van der Waals surface area contributed by atoms with Crippen LogP contribution in [0.3, 0.4) is 0 Å². The molecule has 2 nitrogen and oxygen atoms in total. The van der Waals surface area contributed by atoms with Gasteiger partial charge in [0.2, 0.25) is 0 Å². The highest BCUT2D eigenvalue weighted by atomic mass is 15.1. The molecular weight excluding hydrogens is 196 g/mol. The lowest BCUT2D eigenvalue weighted by atomic mass is 9.85. The molecule has 1 saturated carbocycles. The van der Waals surface area contributed by atoms with E-state index in [1.165, 1.54) is 51.7 Å². The fourth-order valence-electron chi connectivity index (χ4n) is 3.02. The van der Waals surface area contributed by atoms with Crippen molar-refractivity contribution < 1.29 is 0 Å². The highest BCUT2D eigenvalue weighted by molar-refractivity contribution is 4.88. The van der Waals surface area contributed by atoms with Gasteiger partial charge in [0, 0.05) is 13.1 Å². The largest absolute Gasteiger partial charge is 0.319 e. The van der Waals surface area contributed by atoms with Crippen LogP contribution in [0.15, 0.2) is 0 Å². The second kappa shape index (κ2) is 6.61. The zero-order chi connectivity index (χ0) is 12.0. The third kappa shape index (κ3) is 4.42. The van der Waals surface area contributed by atoms with Crippen LogP contribution < -0.4 is 5.32 Å². The summed E-state index contributed by atoms with van der Waals surface area (Å²) in [4.78, 5) is 2.54. The Morgan fingerprint density at radius 2 is 1.88 bits per heavy atom. The van der Waals surface area contributed by atoms with Crippen LogP contribution in [0, 0.1) is 11.3 Å². The molecule has 16 heavy (non-hydrogen) atoms. The van der Waals surface area contributed by atoms with Crippen molar-refractivity contribution >= 4 is 0 Å². The molecule has 0 heterocycles. The molecule has 0 atom stereocenters. The molecule has 1 fully saturated rings. The summed E-state index contributed by atoms with van der Waals surface area (Å²) in [6.07, 6.45) is 7.02. The number of rotatable bonds is 7. The fraction of sp³-hybridized carbons (Fsp3) is 1.00. The molecule has 0 bridgehead atoms. The minimum atomic E-state index is 0.570. The predicted octanol–water partition coefficient (Wildman–Crippen LogP) is 2.74. The Hall–Kier alpha value is -0.0800. The smallest absolute Gasteiger partial charge is 0.00471 e. The molecule has 96 valence electrons. The average Bonchev–Trinajstić information content (AvgIpc) is 2.64. The zero-order valence-corrected chi connectivity index (χ0v) is 11.7. The van der Waals surface area contributed by atoms with Gasteiger partial charge in [0.25, 0.3) is 0 Å². The first-order chi connectivity index (χ1) is 7.58. The van der Waals surface area contributed by atoms with Gasteiger partial charge in [-0.1, -0.05) is 26.7 Å². The van der Waals surface area contributed by atoms with Gasteiger partial charge in [-0.25, -0.2) is 0 Å². The van der Waals surface area contributed by atoms with Crippen molar-refractivity contribution in [3.05, 3.63) is 0 Å². The van der Waals surface area contributed by atoms with Crippen molar-refractivity contribution in [2.45, 2.75) is 46.0 Å². The molecule has 1 aliphatic carbocycles. The van der Waals surface area contributed by atoms with Gasteiger partial charge in [-0.3, -0.25) is 0 Å². The molecule has 2 heteroatoms. The quantitative estimate of drug-likeness (QED) is 0.718. The molecule has 0 radical (unpaired) electrons.